The van der Waals surface area contributed by atoms with Crippen LogP contribution in [0, 0.1) is 0 Å². The first-order chi connectivity index (χ1) is 13.8. The number of aromatic amines is 1. The summed E-state index contributed by atoms with van der Waals surface area (Å²) in [5, 5.41) is 3.07. The number of nitrogens with zero attached hydrogens (tertiary/aromatic N) is 4. The van der Waals surface area contributed by atoms with E-state index >= 15 is 0 Å². The van der Waals surface area contributed by atoms with Crippen LogP contribution >= 0.6 is 0 Å². The molecule has 2 aromatic carbocycles. The molecule has 6 heteroatoms. The van der Waals surface area contributed by atoms with Crippen molar-refractivity contribution in [1.29, 1.82) is 0 Å². The van der Waals surface area contributed by atoms with Gasteiger partial charge in [-0.05, 0) is 41.4 Å². The van der Waals surface area contributed by atoms with Crippen molar-refractivity contribution in [2.24, 2.45) is 0 Å². The van der Waals surface area contributed by atoms with Gasteiger partial charge in [0, 0.05) is 17.0 Å². The van der Waals surface area contributed by atoms with Gasteiger partial charge in [-0.1, -0.05) is 18.2 Å². The Bertz CT molecular complexity index is 1450. The predicted octanol–water partition coefficient (Wildman–Crippen LogP) is 4.20. The summed E-state index contributed by atoms with van der Waals surface area (Å²) in [6.07, 6.45) is 7.22. The molecule has 1 N–H and O–H groups in total. The molecule has 0 bridgehead atoms. The fourth-order valence-electron chi connectivity index (χ4n) is 3.49. The highest BCUT2D eigenvalue weighted by Gasteiger charge is 2.14. The lowest BCUT2D eigenvalue weighted by Crippen LogP contribution is -2.30. The number of aromatic nitrogens is 5. The summed E-state index contributed by atoms with van der Waals surface area (Å²) >= 11 is 0. The zero-order valence-corrected chi connectivity index (χ0v) is 14.7. The van der Waals surface area contributed by atoms with Gasteiger partial charge in [0.05, 0.1) is 16.6 Å². The molecule has 0 unspecified atom stereocenters. The predicted molar refractivity (Wildman–Crippen MR) is 106 cm³/mol. The van der Waals surface area contributed by atoms with Crippen molar-refractivity contribution in [2.75, 3.05) is 0 Å². The molecule has 0 atom stereocenters. The second-order valence-corrected chi connectivity index (χ2v) is 6.68. The van der Waals surface area contributed by atoms with Crippen molar-refractivity contribution in [1.82, 2.24) is 19.9 Å². The van der Waals surface area contributed by atoms with E-state index in [1.807, 2.05) is 53.2 Å². The minimum absolute atomic E-state index is 0.800. The van der Waals surface area contributed by atoms with Gasteiger partial charge in [-0.2, -0.15) is 0 Å². The third-order valence-corrected chi connectivity index (χ3v) is 4.89. The number of furan rings is 1. The first-order valence-corrected chi connectivity index (χ1v) is 8.93. The Morgan fingerprint density at radius 3 is 2.82 bits per heavy atom. The Hall–Kier alpha value is -4.06. The zero-order chi connectivity index (χ0) is 18.5. The second kappa shape index (κ2) is 5.72. The van der Waals surface area contributed by atoms with Crippen LogP contribution in [0.2, 0.25) is 0 Å². The van der Waals surface area contributed by atoms with Crippen molar-refractivity contribution in [3.05, 3.63) is 79.6 Å². The molecule has 0 spiro atoms. The Morgan fingerprint density at radius 2 is 1.86 bits per heavy atom. The van der Waals surface area contributed by atoms with Crippen LogP contribution in [0.15, 0.2) is 84.1 Å². The summed E-state index contributed by atoms with van der Waals surface area (Å²) < 4.78 is 7.96. The monoisotopic (exact) mass is 364 g/mol. The Balaban J connectivity index is 1.45. The van der Waals surface area contributed by atoms with Gasteiger partial charge in [-0.25, -0.2) is 14.5 Å². The Morgan fingerprint density at radius 1 is 0.893 bits per heavy atom. The molecule has 6 nitrogen and oxygen atoms in total. The Labute approximate surface area is 159 Å². The minimum Gasteiger partial charge on any atom is -0.455 e. The summed E-state index contributed by atoms with van der Waals surface area (Å²) in [5.74, 6) is 0.800. The topological polar surface area (TPSA) is 71.5 Å². The second-order valence-electron chi connectivity index (χ2n) is 6.68. The van der Waals surface area contributed by atoms with Gasteiger partial charge in [-0.3, -0.25) is 0 Å². The molecule has 6 rings (SSSR count). The highest BCUT2D eigenvalue weighted by atomic mass is 16.3. The van der Waals surface area contributed by atoms with E-state index in [1.165, 1.54) is 0 Å². The first kappa shape index (κ1) is 15.0. The quantitative estimate of drug-likeness (QED) is 0.468. The van der Waals surface area contributed by atoms with Crippen LogP contribution in [0.4, 0.5) is 0 Å². The van der Waals surface area contributed by atoms with Gasteiger partial charge in [-0.15, -0.1) is 0 Å². The molecular weight excluding hydrogens is 350 g/mol. The lowest BCUT2D eigenvalue weighted by Gasteiger charge is -2.00. The Kier molecular flexibility index (Phi) is 3.07. The van der Waals surface area contributed by atoms with E-state index in [0.717, 1.165) is 50.0 Å². The fourth-order valence-corrected chi connectivity index (χ4v) is 3.49. The highest BCUT2D eigenvalue weighted by molar-refractivity contribution is 5.86. The molecule has 6 aromatic rings. The number of nitrogens with one attached hydrogen (secondary N) is 1. The van der Waals surface area contributed by atoms with Crippen LogP contribution in [0.1, 0.15) is 0 Å². The summed E-state index contributed by atoms with van der Waals surface area (Å²) in [6, 6.07) is 18.1. The summed E-state index contributed by atoms with van der Waals surface area (Å²) in [5.41, 5.74) is 4.52. The third kappa shape index (κ3) is 2.35. The van der Waals surface area contributed by atoms with E-state index in [0.29, 0.717) is 0 Å². The molecular formula is C22H14N5O+. The number of hydrogen-bond acceptors (Lipinski definition) is 4. The maximum absolute atomic E-state index is 5.97. The average molecular weight is 364 g/mol. The van der Waals surface area contributed by atoms with E-state index in [-0.39, 0.29) is 0 Å². The fraction of sp³-hybridized carbons (Fsp3) is 0. The van der Waals surface area contributed by atoms with Crippen LogP contribution < -0.4 is 4.57 Å². The molecule has 0 amide bonds. The van der Waals surface area contributed by atoms with E-state index in [1.54, 1.807) is 12.7 Å². The maximum Gasteiger partial charge on any atom is 0.293 e. The van der Waals surface area contributed by atoms with Gasteiger partial charge >= 0.3 is 0 Å². The molecule has 0 aliphatic carbocycles. The number of hydrogen-bond donors (Lipinski definition) is 1. The molecule has 28 heavy (non-hydrogen) atoms. The molecule has 0 saturated heterocycles. The van der Waals surface area contributed by atoms with Crippen molar-refractivity contribution in [3.8, 4) is 17.1 Å². The van der Waals surface area contributed by atoms with E-state index in [2.05, 4.69) is 38.3 Å². The largest absolute Gasteiger partial charge is 0.455 e. The number of rotatable bonds is 2. The summed E-state index contributed by atoms with van der Waals surface area (Å²) in [7, 11) is 0. The molecule has 0 aliphatic heterocycles. The number of benzene rings is 2. The minimum atomic E-state index is 0.800. The third-order valence-electron chi connectivity index (χ3n) is 4.89. The first-order valence-electron chi connectivity index (χ1n) is 8.93. The molecule has 4 heterocycles. The number of H-pyrrole nitrogens is 1. The van der Waals surface area contributed by atoms with Crippen LogP contribution in [0.5, 0.6) is 0 Å². The smallest absolute Gasteiger partial charge is 0.293 e. The normalized spacial score (nSPS) is 11.6. The van der Waals surface area contributed by atoms with Crippen LogP contribution in [0.25, 0.3) is 50.0 Å². The standard InChI is InChI=1S/C22H13N5O/c1-2-4-20-14(3-1)9-21(28-20)19-8-16-11-27(13-25-22(16)26-19)17-5-6-18-15(7-17)10-23-12-24-18/h1-13H/p+1. The van der Waals surface area contributed by atoms with Gasteiger partial charge in [0.2, 0.25) is 0 Å². The molecule has 0 saturated carbocycles. The summed E-state index contributed by atoms with van der Waals surface area (Å²) in [6.45, 7) is 0. The van der Waals surface area contributed by atoms with E-state index in [4.69, 9.17) is 4.42 Å². The van der Waals surface area contributed by atoms with E-state index < -0.39 is 0 Å². The van der Waals surface area contributed by atoms with Gasteiger partial charge in [0.25, 0.3) is 12.0 Å². The summed E-state index contributed by atoms with van der Waals surface area (Å²) in [4.78, 5) is 16.3. The van der Waals surface area contributed by atoms with E-state index in [9.17, 15) is 0 Å². The zero-order valence-electron chi connectivity index (χ0n) is 14.7. The molecule has 0 aliphatic rings. The molecule has 132 valence electrons. The lowest BCUT2D eigenvalue weighted by atomic mass is 10.2. The molecule has 4 aromatic heterocycles. The van der Waals surface area contributed by atoms with Crippen molar-refractivity contribution in [3.63, 3.8) is 0 Å². The van der Waals surface area contributed by atoms with Crippen molar-refractivity contribution in [2.45, 2.75) is 0 Å². The highest BCUT2D eigenvalue weighted by Crippen LogP contribution is 2.28. The number of para-hydroxylation sites is 1. The van der Waals surface area contributed by atoms with Crippen molar-refractivity contribution < 1.29 is 8.98 Å². The van der Waals surface area contributed by atoms with Crippen LogP contribution in [-0.4, -0.2) is 19.9 Å². The van der Waals surface area contributed by atoms with Gasteiger partial charge in [0.1, 0.15) is 23.8 Å². The van der Waals surface area contributed by atoms with Gasteiger partial charge in [0.15, 0.2) is 5.76 Å². The number of fused-ring (bicyclic) bond motifs is 3. The molecule has 0 fully saturated rings. The SMILES string of the molecule is c1ccc2oc(-c3cc4c[n+](-c5ccc6ncncc6c5)cnc4[nH]3)cc2c1. The lowest BCUT2D eigenvalue weighted by molar-refractivity contribution is -0.597. The van der Waals surface area contributed by atoms with Gasteiger partial charge < -0.3 is 9.40 Å². The van der Waals surface area contributed by atoms with Crippen LogP contribution in [-0.2, 0) is 0 Å². The molecule has 0 radical (unpaired) electrons. The van der Waals surface area contributed by atoms with Crippen LogP contribution in [0.3, 0.4) is 0 Å². The van der Waals surface area contributed by atoms with Crippen molar-refractivity contribution >= 4 is 32.9 Å². The maximum atomic E-state index is 5.97. The average Bonchev–Trinajstić information content (AvgIpc) is 3.36.